The first-order chi connectivity index (χ1) is 9.74. The third-order valence-electron chi connectivity index (χ3n) is 3.40. The molecule has 0 unspecified atom stereocenters. The number of benzene rings is 1. The van der Waals surface area contributed by atoms with Gasteiger partial charge in [0.1, 0.15) is 0 Å². The van der Waals surface area contributed by atoms with Gasteiger partial charge in [-0.25, -0.2) is 10.2 Å². The molecule has 0 aliphatic carbocycles. The van der Waals surface area contributed by atoms with Gasteiger partial charge in [0.2, 0.25) is 0 Å². The van der Waals surface area contributed by atoms with E-state index in [-0.39, 0.29) is 6.03 Å². The number of aromatic nitrogens is 1. The lowest BCUT2D eigenvalue weighted by atomic mass is 10.2. The zero-order valence-electron chi connectivity index (χ0n) is 11.3. The number of urea groups is 1. The quantitative estimate of drug-likeness (QED) is 0.808. The predicted molar refractivity (Wildman–Crippen MR) is 78.9 cm³/mol. The number of hydrogen-bond donors (Lipinski definition) is 2. The second-order valence-electron chi connectivity index (χ2n) is 4.78. The molecule has 0 saturated heterocycles. The number of rotatable bonds is 2. The minimum Gasteiger partial charge on any atom is -0.346 e. The molecule has 1 aliphatic heterocycles. The highest BCUT2D eigenvalue weighted by Crippen LogP contribution is 2.15. The van der Waals surface area contributed by atoms with Crippen LogP contribution in [0.4, 0.5) is 10.5 Å². The number of hydrazone groups is 1. The van der Waals surface area contributed by atoms with Gasteiger partial charge in [-0.05, 0) is 30.7 Å². The van der Waals surface area contributed by atoms with Gasteiger partial charge in [-0.1, -0.05) is 18.2 Å². The van der Waals surface area contributed by atoms with Crippen molar-refractivity contribution in [2.45, 2.75) is 19.9 Å². The summed E-state index contributed by atoms with van der Waals surface area (Å²) in [5, 5.41) is 6.98. The summed E-state index contributed by atoms with van der Waals surface area (Å²) >= 11 is 0. The molecule has 0 fully saturated rings. The summed E-state index contributed by atoms with van der Waals surface area (Å²) in [5.41, 5.74) is 6.35. The topological polar surface area (TPSA) is 58.4 Å². The van der Waals surface area contributed by atoms with Crippen LogP contribution in [0.15, 0.2) is 47.7 Å². The first-order valence-corrected chi connectivity index (χ1v) is 6.59. The molecule has 1 aromatic carbocycles. The summed E-state index contributed by atoms with van der Waals surface area (Å²) in [7, 11) is 0. The van der Waals surface area contributed by atoms with Crippen molar-refractivity contribution >= 4 is 17.4 Å². The van der Waals surface area contributed by atoms with E-state index in [4.69, 9.17) is 0 Å². The summed E-state index contributed by atoms with van der Waals surface area (Å²) in [4.78, 5) is 11.8. The minimum atomic E-state index is -0.322. The Morgan fingerprint density at radius 1 is 1.25 bits per heavy atom. The van der Waals surface area contributed by atoms with Gasteiger partial charge in [0.15, 0.2) is 0 Å². The van der Waals surface area contributed by atoms with E-state index in [1.165, 1.54) is 0 Å². The maximum Gasteiger partial charge on any atom is 0.339 e. The molecule has 0 bridgehead atoms. The zero-order chi connectivity index (χ0) is 13.9. The highest BCUT2D eigenvalue weighted by molar-refractivity contribution is 6.02. The molecule has 102 valence electrons. The fourth-order valence-electron chi connectivity index (χ4n) is 2.32. The van der Waals surface area contributed by atoms with Gasteiger partial charge < -0.3 is 9.88 Å². The van der Waals surface area contributed by atoms with Gasteiger partial charge in [0, 0.05) is 24.8 Å². The Labute approximate surface area is 117 Å². The molecule has 0 atom stereocenters. The lowest BCUT2D eigenvalue weighted by Crippen LogP contribution is -2.25. The van der Waals surface area contributed by atoms with Crippen molar-refractivity contribution < 1.29 is 4.79 Å². The Morgan fingerprint density at radius 2 is 2.10 bits per heavy atom. The normalized spacial score (nSPS) is 15.2. The van der Waals surface area contributed by atoms with E-state index in [1.54, 1.807) is 0 Å². The largest absolute Gasteiger partial charge is 0.346 e. The number of nitrogens with one attached hydrogen (secondary N) is 2. The van der Waals surface area contributed by atoms with Crippen LogP contribution in [0.3, 0.4) is 0 Å². The Morgan fingerprint density at radius 3 is 2.95 bits per heavy atom. The molecule has 3 rings (SSSR count). The van der Waals surface area contributed by atoms with Gasteiger partial charge in [0.05, 0.1) is 11.4 Å². The van der Waals surface area contributed by atoms with Crippen LogP contribution in [0.5, 0.6) is 0 Å². The average Bonchev–Trinajstić information content (AvgIpc) is 3.02. The SMILES string of the molecule is Cc1ccccc1NC(=O)NN=C1CCn2cccc21. The fourth-order valence-corrected chi connectivity index (χ4v) is 2.32. The maximum absolute atomic E-state index is 11.8. The molecule has 2 heterocycles. The molecule has 0 spiro atoms. The van der Waals surface area contributed by atoms with Crippen molar-refractivity contribution in [2.24, 2.45) is 5.10 Å². The first-order valence-electron chi connectivity index (χ1n) is 6.59. The van der Waals surface area contributed by atoms with E-state index in [0.717, 1.165) is 35.6 Å². The molecule has 5 heteroatoms. The molecule has 1 aromatic heterocycles. The second kappa shape index (κ2) is 5.21. The van der Waals surface area contributed by atoms with Crippen LogP contribution in [0.2, 0.25) is 0 Å². The molecular formula is C15H16N4O. The Kier molecular flexibility index (Phi) is 3.25. The van der Waals surface area contributed by atoms with E-state index in [1.807, 2.05) is 49.5 Å². The lowest BCUT2D eigenvalue weighted by Gasteiger charge is -2.07. The number of carbonyl (C=O) groups is 1. The summed E-state index contributed by atoms with van der Waals surface area (Å²) < 4.78 is 2.12. The van der Waals surface area contributed by atoms with Crippen LogP contribution in [-0.2, 0) is 6.54 Å². The summed E-state index contributed by atoms with van der Waals surface area (Å²) in [6, 6.07) is 11.3. The summed E-state index contributed by atoms with van der Waals surface area (Å²) in [6.45, 7) is 2.87. The summed E-state index contributed by atoms with van der Waals surface area (Å²) in [6.07, 6.45) is 2.87. The Hall–Kier alpha value is -2.56. The standard InChI is InChI=1S/C15H16N4O/c1-11-5-2-3-6-12(11)16-15(20)18-17-13-8-10-19-9-4-7-14(13)19/h2-7,9H,8,10H2,1H3,(H2,16,18,20). The number of anilines is 1. The van der Waals surface area contributed by atoms with Crippen molar-refractivity contribution in [3.05, 3.63) is 53.9 Å². The van der Waals surface area contributed by atoms with Crippen LogP contribution < -0.4 is 10.7 Å². The predicted octanol–water partition coefficient (Wildman–Crippen LogP) is 2.73. The molecule has 2 N–H and O–H groups in total. The fraction of sp³-hybridized carbons (Fsp3) is 0.200. The Bertz CT molecular complexity index is 672. The number of fused-ring (bicyclic) bond motifs is 1. The number of para-hydroxylation sites is 1. The average molecular weight is 268 g/mol. The van der Waals surface area contributed by atoms with Gasteiger partial charge in [0.25, 0.3) is 0 Å². The van der Waals surface area contributed by atoms with E-state index in [0.29, 0.717) is 0 Å². The Balaban J connectivity index is 1.65. The van der Waals surface area contributed by atoms with Crippen molar-refractivity contribution in [1.29, 1.82) is 0 Å². The van der Waals surface area contributed by atoms with Gasteiger partial charge in [-0.2, -0.15) is 5.10 Å². The number of hydrogen-bond acceptors (Lipinski definition) is 2. The van der Waals surface area contributed by atoms with Crippen LogP contribution in [-0.4, -0.2) is 16.3 Å². The van der Waals surface area contributed by atoms with Crippen molar-refractivity contribution in [3.63, 3.8) is 0 Å². The van der Waals surface area contributed by atoms with Crippen molar-refractivity contribution in [2.75, 3.05) is 5.32 Å². The third kappa shape index (κ3) is 2.42. The van der Waals surface area contributed by atoms with E-state index in [2.05, 4.69) is 20.4 Å². The smallest absolute Gasteiger partial charge is 0.339 e. The highest BCUT2D eigenvalue weighted by atomic mass is 16.2. The van der Waals surface area contributed by atoms with E-state index >= 15 is 0 Å². The van der Waals surface area contributed by atoms with Crippen molar-refractivity contribution in [3.8, 4) is 0 Å². The second-order valence-corrected chi connectivity index (χ2v) is 4.78. The van der Waals surface area contributed by atoms with E-state index in [9.17, 15) is 4.79 Å². The molecule has 5 nitrogen and oxygen atoms in total. The number of nitrogens with zero attached hydrogens (tertiary/aromatic N) is 2. The third-order valence-corrected chi connectivity index (χ3v) is 3.40. The number of aryl methyl sites for hydroxylation is 2. The zero-order valence-corrected chi connectivity index (χ0v) is 11.3. The highest BCUT2D eigenvalue weighted by Gasteiger charge is 2.16. The van der Waals surface area contributed by atoms with Crippen LogP contribution in [0.1, 0.15) is 17.7 Å². The monoisotopic (exact) mass is 268 g/mol. The maximum atomic E-state index is 11.8. The lowest BCUT2D eigenvalue weighted by molar-refractivity contribution is 0.252. The van der Waals surface area contributed by atoms with Crippen LogP contribution in [0, 0.1) is 6.92 Å². The molecule has 2 aromatic rings. The number of amides is 2. The molecule has 0 saturated carbocycles. The van der Waals surface area contributed by atoms with Gasteiger partial charge in [-0.15, -0.1) is 0 Å². The summed E-state index contributed by atoms with van der Waals surface area (Å²) in [5.74, 6) is 0. The minimum absolute atomic E-state index is 0.322. The number of carbonyl (C=O) groups excluding carboxylic acids is 1. The van der Waals surface area contributed by atoms with Crippen LogP contribution >= 0.6 is 0 Å². The van der Waals surface area contributed by atoms with E-state index < -0.39 is 0 Å². The van der Waals surface area contributed by atoms with Gasteiger partial charge >= 0.3 is 6.03 Å². The molecule has 1 aliphatic rings. The van der Waals surface area contributed by atoms with Crippen molar-refractivity contribution in [1.82, 2.24) is 9.99 Å². The molecule has 20 heavy (non-hydrogen) atoms. The first kappa shape index (κ1) is 12.5. The molecular weight excluding hydrogens is 252 g/mol. The molecule has 2 amide bonds. The van der Waals surface area contributed by atoms with Crippen LogP contribution in [0.25, 0.3) is 0 Å². The molecule has 0 radical (unpaired) electrons. The van der Waals surface area contributed by atoms with Gasteiger partial charge in [-0.3, -0.25) is 0 Å².